The van der Waals surface area contributed by atoms with Gasteiger partial charge in [-0.3, -0.25) is 4.79 Å². The molecule has 20 heavy (non-hydrogen) atoms. The molecule has 1 amide bonds. The van der Waals surface area contributed by atoms with Gasteiger partial charge in [0.2, 0.25) is 0 Å². The van der Waals surface area contributed by atoms with E-state index in [0.717, 1.165) is 5.76 Å². The molecule has 0 aliphatic carbocycles. The average Bonchev–Trinajstić information content (AvgIpc) is 2.97. The third kappa shape index (κ3) is 3.28. The molecule has 1 aromatic heterocycles. The van der Waals surface area contributed by atoms with Crippen LogP contribution in [0.25, 0.3) is 0 Å². The maximum absolute atomic E-state index is 12.4. The molecule has 4 heteroatoms. The molecule has 0 bridgehead atoms. The van der Waals surface area contributed by atoms with Crippen molar-refractivity contribution in [2.45, 2.75) is 6.54 Å². The summed E-state index contributed by atoms with van der Waals surface area (Å²) in [7, 11) is 1.71. The molecule has 0 atom stereocenters. The van der Waals surface area contributed by atoms with E-state index in [0.29, 0.717) is 17.7 Å². The number of nitrogens with zero attached hydrogens (tertiary/aromatic N) is 1. The first kappa shape index (κ1) is 13.9. The van der Waals surface area contributed by atoms with E-state index in [-0.39, 0.29) is 12.5 Å². The number of hydrogen-bond donors (Lipinski definition) is 1. The summed E-state index contributed by atoms with van der Waals surface area (Å²) < 4.78 is 5.23. The standard InChI is InChI=1S/C16H15NO3/c1-17(12-14-8-5-11-20-14)16(19)15-9-3-2-6-13(15)7-4-10-18/h2-3,5-6,8-9,11,18H,10,12H2,1H3. The van der Waals surface area contributed by atoms with Crippen LogP contribution in [-0.2, 0) is 6.54 Å². The van der Waals surface area contributed by atoms with Gasteiger partial charge >= 0.3 is 0 Å². The van der Waals surface area contributed by atoms with Crippen molar-refractivity contribution in [1.29, 1.82) is 0 Å². The van der Waals surface area contributed by atoms with Crippen molar-refractivity contribution in [3.63, 3.8) is 0 Å². The second kappa shape index (κ2) is 6.60. The van der Waals surface area contributed by atoms with Crippen LogP contribution in [0.5, 0.6) is 0 Å². The van der Waals surface area contributed by atoms with Crippen LogP contribution in [0.3, 0.4) is 0 Å². The van der Waals surface area contributed by atoms with Crippen LogP contribution in [0.2, 0.25) is 0 Å². The summed E-state index contributed by atoms with van der Waals surface area (Å²) in [6.07, 6.45) is 1.58. The summed E-state index contributed by atoms with van der Waals surface area (Å²) in [6.45, 7) is 0.165. The van der Waals surface area contributed by atoms with Gasteiger partial charge in [0, 0.05) is 12.6 Å². The number of furan rings is 1. The van der Waals surface area contributed by atoms with E-state index < -0.39 is 0 Å². The van der Waals surface area contributed by atoms with Crippen LogP contribution in [0, 0.1) is 11.8 Å². The minimum absolute atomic E-state index is 0.135. The Morgan fingerprint density at radius 2 is 2.10 bits per heavy atom. The summed E-state index contributed by atoms with van der Waals surface area (Å²) >= 11 is 0. The van der Waals surface area contributed by atoms with Gasteiger partial charge in [0.05, 0.1) is 18.4 Å². The van der Waals surface area contributed by atoms with Gasteiger partial charge < -0.3 is 14.4 Å². The lowest BCUT2D eigenvalue weighted by atomic mass is 10.1. The van der Waals surface area contributed by atoms with E-state index in [1.165, 1.54) is 0 Å². The molecule has 0 aliphatic heterocycles. The van der Waals surface area contributed by atoms with Crippen molar-refractivity contribution in [3.8, 4) is 11.8 Å². The van der Waals surface area contributed by atoms with Gasteiger partial charge in [-0.25, -0.2) is 0 Å². The van der Waals surface area contributed by atoms with Crippen LogP contribution in [0.4, 0.5) is 0 Å². The highest BCUT2D eigenvalue weighted by atomic mass is 16.3. The first-order chi connectivity index (χ1) is 9.72. The van der Waals surface area contributed by atoms with Crippen LogP contribution in [-0.4, -0.2) is 29.6 Å². The summed E-state index contributed by atoms with van der Waals surface area (Å²) in [5.74, 6) is 5.93. The van der Waals surface area contributed by atoms with Gasteiger partial charge in [-0.05, 0) is 24.3 Å². The number of benzene rings is 1. The highest BCUT2D eigenvalue weighted by Gasteiger charge is 2.15. The topological polar surface area (TPSA) is 53.7 Å². The molecular weight excluding hydrogens is 254 g/mol. The zero-order valence-electron chi connectivity index (χ0n) is 11.2. The minimum Gasteiger partial charge on any atom is -0.467 e. The third-order valence-corrected chi connectivity index (χ3v) is 2.78. The molecule has 4 nitrogen and oxygen atoms in total. The monoisotopic (exact) mass is 269 g/mol. The van der Waals surface area contributed by atoms with Gasteiger partial charge in [-0.1, -0.05) is 24.0 Å². The summed E-state index contributed by atoms with van der Waals surface area (Å²) in [5.41, 5.74) is 1.13. The number of aliphatic hydroxyl groups is 1. The maximum Gasteiger partial charge on any atom is 0.255 e. The van der Waals surface area contributed by atoms with Crippen molar-refractivity contribution in [2.24, 2.45) is 0 Å². The largest absolute Gasteiger partial charge is 0.467 e. The fourth-order valence-corrected chi connectivity index (χ4v) is 1.83. The maximum atomic E-state index is 12.4. The molecule has 0 spiro atoms. The number of carbonyl (C=O) groups is 1. The Hall–Kier alpha value is -2.51. The predicted molar refractivity (Wildman–Crippen MR) is 74.9 cm³/mol. The fourth-order valence-electron chi connectivity index (χ4n) is 1.83. The molecular formula is C16H15NO3. The molecule has 0 saturated heterocycles. The van der Waals surface area contributed by atoms with E-state index in [1.54, 1.807) is 42.5 Å². The van der Waals surface area contributed by atoms with E-state index in [9.17, 15) is 4.79 Å². The molecule has 0 aliphatic rings. The van der Waals surface area contributed by atoms with Crippen LogP contribution < -0.4 is 0 Å². The number of hydrogen-bond acceptors (Lipinski definition) is 3. The normalized spacial score (nSPS) is 9.70. The van der Waals surface area contributed by atoms with Crippen LogP contribution in [0.1, 0.15) is 21.7 Å². The van der Waals surface area contributed by atoms with Crippen molar-refractivity contribution in [3.05, 3.63) is 59.5 Å². The Balaban J connectivity index is 2.20. The van der Waals surface area contributed by atoms with Gasteiger partial charge in [0.15, 0.2) is 0 Å². The van der Waals surface area contributed by atoms with E-state index in [4.69, 9.17) is 9.52 Å². The second-order valence-electron chi connectivity index (χ2n) is 4.25. The lowest BCUT2D eigenvalue weighted by Gasteiger charge is -2.16. The summed E-state index contributed by atoms with van der Waals surface area (Å²) in [4.78, 5) is 14.0. The smallest absolute Gasteiger partial charge is 0.255 e. The van der Waals surface area contributed by atoms with Gasteiger partial charge in [-0.15, -0.1) is 0 Å². The lowest BCUT2D eigenvalue weighted by Crippen LogP contribution is -2.26. The molecule has 0 saturated carbocycles. The number of carbonyl (C=O) groups excluding carboxylic acids is 1. The fraction of sp³-hybridized carbons (Fsp3) is 0.188. The van der Waals surface area contributed by atoms with Gasteiger partial charge in [0.1, 0.15) is 12.4 Å². The van der Waals surface area contributed by atoms with Crippen molar-refractivity contribution in [1.82, 2.24) is 4.90 Å². The molecule has 0 unspecified atom stereocenters. The zero-order chi connectivity index (χ0) is 14.4. The SMILES string of the molecule is CN(Cc1ccco1)C(=O)c1ccccc1C#CCO. The lowest BCUT2D eigenvalue weighted by molar-refractivity contribution is 0.0775. The van der Waals surface area contributed by atoms with E-state index in [2.05, 4.69) is 11.8 Å². The van der Waals surface area contributed by atoms with Gasteiger partial charge in [-0.2, -0.15) is 0 Å². The highest BCUT2D eigenvalue weighted by molar-refractivity contribution is 5.96. The number of amides is 1. The number of rotatable bonds is 3. The van der Waals surface area contributed by atoms with Crippen molar-refractivity contribution < 1.29 is 14.3 Å². The Morgan fingerprint density at radius 1 is 1.30 bits per heavy atom. The molecule has 1 heterocycles. The van der Waals surface area contributed by atoms with Gasteiger partial charge in [0.25, 0.3) is 5.91 Å². The predicted octanol–water partition coefficient (Wildman–Crippen LogP) is 1.90. The van der Waals surface area contributed by atoms with Crippen molar-refractivity contribution >= 4 is 5.91 Å². The molecule has 0 radical (unpaired) electrons. The molecule has 1 aromatic carbocycles. The minimum atomic E-state index is -0.231. The Kier molecular flexibility index (Phi) is 4.59. The zero-order valence-corrected chi connectivity index (χ0v) is 11.2. The summed E-state index contributed by atoms with van der Waals surface area (Å²) in [6, 6.07) is 10.7. The average molecular weight is 269 g/mol. The third-order valence-electron chi connectivity index (χ3n) is 2.78. The molecule has 0 fully saturated rings. The Morgan fingerprint density at radius 3 is 2.80 bits per heavy atom. The van der Waals surface area contributed by atoms with Crippen LogP contribution in [0.15, 0.2) is 47.1 Å². The van der Waals surface area contributed by atoms with E-state index >= 15 is 0 Å². The van der Waals surface area contributed by atoms with Crippen molar-refractivity contribution in [2.75, 3.05) is 13.7 Å². The first-order valence-corrected chi connectivity index (χ1v) is 6.19. The quantitative estimate of drug-likeness (QED) is 0.866. The molecule has 102 valence electrons. The van der Waals surface area contributed by atoms with E-state index in [1.807, 2.05) is 12.1 Å². The molecule has 2 aromatic rings. The second-order valence-corrected chi connectivity index (χ2v) is 4.25. The summed E-state index contributed by atoms with van der Waals surface area (Å²) in [5, 5.41) is 8.76. The number of aliphatic hydroxyl groups excluding tert-OH is 1. The first-order valence-electron chi connectivity index (χ1n) is 6.19. The van der Waals surface area contributed by atoms with Crippen LogP contribution >= 0.6 is 0 Å². The Bertz CT molecular complexity index is 635. The Labute approximate surface area is 117 Å². The molecule has 1 N–H and O–H groups in total. The molecule has 2 rings (SSSR count). The highest BCUT2D eigenvalue weighted by Crippen LogP contribution is 2.12.